The van der Waals surface area contributed by atoms with E-state index in [0.29, 0.717) is 0 Å². The van der Waals surface area contributed by atoms with E-state index in [-0.39, 0.29) is 68.9 Å². The third kappa shape index (κ3) is 3.74. The first-order valence-electron chi connectivity index (χ1n) is 2.09. The van der Waals surface area contributed by atoms with E-state index in [1.165, 1.54) is 15.5 Å². The molecule has 0 spiro atoms. The Balaban J connectivity index is 0.000000810. The predicted octanol–water partition coefficient (Wildman–Crippen LogP) is 0.171. The summed E-state index contributed by atoms with van der Waals surface area (Å²) in [6, 6.07) is 0. The van der Waals surface area contributed by atoms with Crippen molar-refractivity contribution in [2.45, 2.75) is 8.42 Å². The molecule has 0 atom stereocenters. The molecule has 0 radical (unpaired) electrons. The molecule has 0 aliphatic heterocycles. The van der Waals surface area contributed by atoms with Crippen molar-refractivity contribution in [2.75, 3.05) is 6.26 Å². The third-order valence-electron chi connectivity index (χ3n) is 0.704. The van der Waals surface area contributed by atoms with Crippen LogP contribution in [0.3, 0.4) is 0 Å². The number of hydrogen-bond donors (Lipinski definition) is 0. The van der Waals surface area contributed by atoms with Crippen LogP contribution in [0.25, 0.3) is 0 Å². The average molecular weight is 344 g/mol. The van der Waals surface area contributed by atoms with E-state index in [9.17, 15) is 0 Å². The van der Waals surface area contributed by atoms with Gasteiger partial charge < -0.3 is 24.0 Å². The van der Waals surface area contributed by atoms with Gasteiger partial charge in [-0.3, -0.25) is 0 Å². The Morgan fingerprint density at radius 3 is 2.30 bits per heavy atom. The van der Waals surface area contributed by atoms with Crippen LogP contribution >= 0.6 is 46.7 Å². The van der Waals surface area contributed by atoms with Gasteiger partial charge >= 0.3 is 68.9 Å². The molecule has 1 rings (SSSR count). The Kier molecular flexibility index (Phi) is 8.20. The fourth-order valence-electron chi connectivity index (χ4n) is 0.381. The molecule has 0 aromatic carbocycles. The van der Waals surface area contributed by atoms with Crippen molar-refractivity contribution in [3.05, 3.63) is 3.14 Å². The van der Waals surface area contributed by atoms with Crippen LogP contribution in [-0.4, -0.2) is 6.26 Å². The molecular formula is C4H3CsS5. The molecular weight excluding hydrogens is 341 g/mol. The molecule has 50 valence electrons. The van der Waals surface area contributed by atoms with Crippen molar-refractivity contribution in [3.8, 4) is 0 Å². The molecule has 0 aliphatic rings. The van der Waals surface area contributed by atoms with Crippen LogP contribution in [0.2, 0.25) is 0 Å². The Morgan fingerprint density at radius 2 is 2.10 bits per heavy atom. The van der Waals surface area contributed by atoms with Crippen LogP contribution in [0.4, 0.5) is 0 Å². The van der Waals surface area contributed by atoms with Gasteiger partial charge in [0.1, 0.15) is 0 Å². The van der Waals surface area contributed by atoms with Gasteiger partial charge in [-0.2, -0.15) is 0 Å². The van der Waals surface area contributed by atoms with Crippen LogP contribution in [0.15, 0.2) is 8.42 Å². The van der Waals surface area contributed by atoms with Gasteiger partial charge in [0.15, 0.2) is 0 Å². The summed E-state index contributed by atoms with van der Waals surface area (Å²) >= 11 is 14.8. The molecule has 0 saturated heterocycles. The first kappa shape index (κ1) is 12.9. The molecule has 1 heterocycles. The topological polar surface area (TPSA) is 0 Å². The summed E-state index contributed by atoms with van der Waals surface area (Å²) in [5.41, 5.74) is 0. The van der Waals surface area contributed by atoms with Gasteiger partial charge in [-0.05, 0) is 6.26 Å². The van der Waals surface area contributed by atoms with Crippen LogP contribution in [0.5, 0.6) is 0 Å². The van der Waals surface area contributed by atoms with E-state index in [1.54, 1.807) is 23.1 Å². The van der Waals surface area contributed by atoms with E-state index in [2.05, 4.69) is 0 Å². The maximum absolute atomic E-state index is 5.01. The van der Waals surface area contributed by atoms with E-state index >= 15 is 0 Å². The van der Waals surface area contributed by atoms with Crippen LogP contribution in [-0.2, 0) is 12.6 Å². The van der Waals surface area contributed by atoms with E-state index in [1.807, 2.05) is 6.26 Å². The van der Waals surface area contributed by atoms with Gasteiger partial charge in [0.05, 0.1) is 3.14 Å². The zero-order valence-corrected chi connectivity index (χ0v) is 15.9. The predicted molar refractivity (Wildman–Crippen MR) is 50.4 cm³/mol. The zero-order chi connectivity index (χ0) is 6.85. The van der Waals surface area contributed by atoms with Gasteiger partial charge in [-0.25, -0.2) is 0 Å². The second-order valence-electron chi connectivity index (χ2n) is 1.23. The summed E-state index contributed by atoms with van der Waals surface area (Å²) < 4.78 is 3.06. The summed E-state index contributed by atoms with van der Waals surface area (Å²) in [4.78, 5) is 0. The monoisotopic (exact) mass is 344 g/mol. The molecule has 0 saturated carbocycles. The van der Waals surface area contributed by atoms with Crippen molar-refractivity contribution >= 4 is 59.3 Å². The summed E-state index contributed by atoms with van der Waals surface area (Å²) in [6.07, 6.45) is 2.02. The first-order chi connectivity index (χ1) is 4.24. The Morgan fingerprint density at radius 1 is 1.50 bits per heavy atom. The number of rotatable bonds is 1. The molecule has 0 aliphatic carbocycles. The van der Waals surface area contributed by atoms with E-state index in [0.717, 1.165) is 7.35 Å². The quantitative estimate of drug-likeness (QED) is 0.405. The fraction of sp³-hybridized carbons (Fsp3) is 0.250. The van der Waals surface area contributed by atoms with Gasteiger partial charge in [-0.1, -0.05) is 16.4 Å². The molecule has 10 heavy (non-hydrogen) atoms. The first-order valence-corrected chi connectivity index (χ1v) is 5.76. The maximum atomic E-state index is 5.01. The van der Waals surface area contributed by atoms with Crippen molar-refractivity contribution in [1.29, 1.82) is 0 Å². The van der Waals surface area contributed by atoms with Crippen molar-refractivity contribution < 1.29 is 68.9 Å². The minimum absolute atomic E-state index is 0. The van der Waals surface area contributed by atoms with Crippen molar-refractivity contribution in [2.24, 2.45) is 0 Å². The van der Waals surface area contributed by atoms with Crippen LogP contribution in [0, 0.1) is 3.14 Å². The van der Waals surface area contributed by atoms with Gasteiger partial charge in [0.25, 0.3) is 0 Å². The standard InChI is InChI=1S/C4H4S5.Cs/c1-7-3-2(5)8-4(6)9-3;/h5H,1H3;/q;+1/p-1. The van der Waals surface area contributed by atoms with Crippen molar-refractivity contribution in [1.82, 2.24) is 0 Å². The zero-order valence-electron chi connectivity index (χ0n) is 5.54. The number of hydrogen-bond acceptors (Lipinski definition) is 5. The largest absolute Gasteiger partial charge is 1.00 e. The van der Waals surface area contributed by atoms with E-state index in [4.69, 9.17) is 24.8 Å². The summed E-state index contributed by atoms with van der Waals surface area (Å²) in [6.45, 7) is 0. The summed E-state index contributed by atoms with van der Waals surface area (Å²) in [7, 11) is 0. The maximum Gasteiger partial charge on any atom is 1.00 e. The molecule has 6 heteroatoms. The summed E-state index contributed by atoms with van der Waals surface area (Å²) in [5, 5.41) is 0. The van der Waals surface area contributed by atoms with Crippen LogP contribution in [0.1, 0.15) is 0 Å². The average Bonchev–Trinajstić information content (AvgIpc) is 2.10. The second-order valence-corrected chi connectivity index (χ2v) is 6.20. The molecule has 0 fully saturated rings. The minimum atomic E-state index is 0. The molecule has 0 unspecified atom stereocenters. The number of thioether (sulfide) groups is 1. The fourth-order valence-corrected chi connectivity index (χ4v) is 4.65. The SMILES string of the molecule is CSc1sc(=S)sc1[S-].[Cs+]. The molecule has 0 amide bonds. The Labute approximate surface area is 142 Å². The molecule has 0 bridgehead atoms. The smallest absolute Gasteiger partial charge is 0.426 e. The minimum Gasteiger partial charge on any atom is -0.426 e. The van der Waals surface area contributed by atoms with Gasteiger partial charge in [0.2, 0.25) is 0 Å². The van der Waals surface area contributed by atoms with Gasteiger partial charge in [-0.15, -0.1) is 23.1 Å². The van der Waals surface area contributed by atoms with Crippen molar-refractivity contribution in [3.63, 3.8) is 0 Å². The van der Waals surface area contributed by atoms with E-state index < -0.39 is 0 Å². The van der Waals surface area contributed by atoms with Gasteiger partial charge in [0, 0.05) is 4.21 Å². The third-order valence-corrected chi connectivity index (χ3v) is 5.11. The normalized spacial score (nSPS) is 8.90. The van der Waals surface area contributed by atoms with Crippen LogP contribution < -0.4 is 68.9 Å². The molecule has 0 nitrogen and oxygen atoms in total. The summed E-state index contributed by atoms with van der Waals surface area (Å²) in [5.74, 6) is 0. The Hall–Kier alpha value is 2.89. The second kappa shape index (κ2) is 6.36. The molecule has 0 N–H and O–H groups in total. The molecule has 1 aromatic rings. The molecule has 1 aromatic heterocycles. The Bertz CT molecular complexity index is 248.